The lowest BCUT2D eigenvalue weighted by molar-refractivity contribution is 0.0778. The SMILES string of the molecule is Cc1cnc(C(=O)N2CCC3(C2)CN(Cc2ccccn2)c2cccnc23)cn1. The van der Waals surface area contributed by atoms with Crippen LogP contribution in [0, 0.1) is 6.92 Å². The van der Waals surface area contributed by atoms with Gasteiger partial charge in [0.25, 0.3) is 5.91 Å². The molecule has 1 spiro atoms. The number of rotatable bonds is 3. The number of carbonyl (C=O) groups excluding carboxylic acids is 1. The van der Waals surface area contributed by atoms with Crippen molar-refractivity contribution in [1.29, 1.82) is 0 Å². The molecule has 7 heteroatoms. The van der Waals surface area contributed by atoms with Crippen LogP contribution in [0.1, 0.15) is 34.0 Å². The molecule has 146 valence electrons. The van der Waals surface area contributed by atoms with Crippen LogP contribution in [0.4, 0.5) is 5.69 Å². The third-order valence-electron chi connectivity index (χ3n) is 5.84. The highest BCUT2D eigenvalue weighted by molar-refractivity contribution is 5.92. The maximum absolute atomic E-state index is 13.0. The standard InChI is InChI=1S/C22H22N6O/c1-16-11-26-18(12-25-16)21(29)27-10-7-22(14-27)15-28(13-17-5-2-3-8-23-17)19-6-4-9-24-20(19)22/h2-6,8-9,11-12H,7,10,13-15H2,1H3. The molecule has 0 aromatic carbocycles. The minimum absolute atomic E-state index is 0.0602. The lowest BCUT2D eigenvalue weighted by Crippen LogP contribution is -2.38. The summed E-state index contributed by atoms with van der Waals surface area (Å²) in [4.78, 5) is 34.9. The summed E-state index contributed by atoms with van der Waals surface area (Å²) in [7, 11) is 0. The van der Waals surface area contributed by atoms with E-state index >= 15 is 0 Å². The first-order valence-electron chi connectivity index (χ1n) is 9.83. The van der Waals surface area contributed by atoms with E-state index in [1.54, 1.807) is 12.4 Å². The van der Waals surface area contributed by atoms with E-state index in [4.69, 9.17) is 4.98 Å². The van der Waals surface area contributed by atoms with Crippen LogP contribution in [-0.2, 0) is 12.0 Å². The summed E-state index contributed by atoms with van der Waals surface area (Å²) in [5.74, 6) is -0.0602. The van der Waals surface area contributed by atoms with Crippen LogP contribution in [0.2, 0.25) is 0 Å². The van der Waals surface area contributed by atoms with E-state index < -0.39 is 0 Å². The summed E-state index contributed by atoms with van der Waals surface area (Å²) in [6, 6.07) is 10.1. The van der Waals surface area contributed by atoms with Crippen molar-refractivity contribution < 1.29 is 4.79 Å². The number of fused-ring (bicyclic) bond motifs is 2. The van der Waals surface area contributed by atoms with E-state index in [0.29, 0.717) is 18.8 Å². The van der Waals surface area contributed by atoms with Crippen molar-refractivity contribution in [2.45, 2.75) is 25.3 Å². The predicted octanol–water partition coefficient (Wildman–Crippen LogP) is 2.38. The molecule has 5 heterocycles. The van der Waals surface area contributed by atoms with Gasteiger partial charge >= 0.3 is 0 Å². The van der Waals surface area contributed by atoms with E-state index in [-0.39, 0.29) is 11.3 Å². The van der Waals surface area contributed by atoms with Gasteiger partial charge in [0, 0.05) is 38.2 Å². The molecule has 0 N–H and O–H groups in total. The average molecular weight is 386 g/mol. The number of pyridine rings is 2. The van der Waals surface area contributed by atoms with E-state index in [2.05, 4.69) is 25.9 Å². The Morgan fingerprint density at radius 2 is 1.93 bits per heavy atom. The molecule has 2 aliphatic heterocycles. The molecule has 1 fully saturated rings. The van der Waals surface area contributed by atoms with Crippen molar-refractivity contribution in [2.75, 3.05) is 24.5 Å². The van der Waals surface area contributed by atoms with Gasteiger partial charge in [0.2, 0.25) is 0 Å². The van der Waals surface area contributed by atoms with Gasteiger partial charge in [-0.25, -0.2) is 4.98 Å². The van der Waals surface area contributed by atoms with Crippen LogP contribution in [0.15, 0.2) is 55.1 Å². The molecule has 0 saturated carbocycles. The van der Waals surface area contributed by atoms with Gasteiger partial charge in [-0.1, -0.05) is 6.07 Å². The molecule has 0 bridgehead atoms. The lowest BCUT2D eigenvalue weighted by Gasteiger charge is -2.25. The molecule has 3 aromatic heterocycles. The highest BCUT2D eigenvalue weighted by atomic mass is 16.2. The fourth-order valence-corrected chi connectivity index (χ4v) is 4.45. The summed E-state index contributed by atoms with van der Waals surface area (Å²) in [6.07, 6.45) is 7.77. The van der Waals surface area contributed by atoms with Gasteiger partial charge in [0.1, 0.15) is 5.69 Å². The Morgan fingerprint density at radius 1 is 1.03 bits per heavy atom. The summed E-state index contributed by atoms with van der Waals surface area (Å²) in [5, 5.41) is 0. The first-order valence-corrected chi connectivity index (χ1v) is 9.83. The molecule has 3 aromatic rings. The Bertz CT molecular complexity index is 1040. The zero-order chi connectivity index (χ0) is 19.8. The number of anilines is 1. The predicted molar refractivity (Wildman–Crippen MR) is 108 cm³/mol. The first-order chi connectivity index (χ1) is 14.1. The molecule has 1 unspecified atom stereocenters. The zero-order valence-electron chi connectivity index (χ0n) is 16.3. The Kier molecular flexibility index (Phi) is 4.23. The van der Waals surface area contributed by atoms with Crippen molar-refractivity contribution in [3.05, 3.63) is 77.9 Å². The quantitative estimate of drug-likeness (QED) is 0.688. The van der Waals surface area contributed by atoms with Crippen molar-refractivity contribution in [2.24, 2.45) is 0 Å². The third-order valence-corrected chi connectivity index (χ3v) is 5.84. The second-order valence-corrected chi connectivity index (χ2v) is 7.85. The molecule has 7 nitrogen and oxygen atoms in total. The monoisotopic (exact) mass is 386 g/mol. The molecule has 1 saturated heterocycles. The Morgan fingerprint density at radius 3 is 2.72 bits per heavy atom. The van der Waals surface area contributed by atoms with Crippen molar-refractivity contribution in [3.63, 3.8) is 0 Å². The smallest absolute Gasteiger partial charge is 0.274 e. The maximum Gasteiger partial charge on any atom is 0.274 e. The lowest BCUT2D eigenvalue weighted by atomic mass is 9.85. The van der Waals surface area contributed by atoms with Crippen LogP contribution in [-0.4, -0.2) is 50.4 Å². The highest BCUT2D eigenvalue weighted by Crippen LogP contribution is 2.45. The van der Waals surface area contributed by atoms with Gasteiger partial charge in [-0.2, -0.15) is 0 Å². The third kappa shape index (κ3) is 3.12. The van der Waals surface area contributed by atoms with Gasteiger partial charge < -0.3 is 9.80 Å². The van der Waals surface area contributed by atoms with Crippen molar-refractivity contribution in [1.82, 2.24) is 24.8 Å². The summed E-state index contributed by atoms with van der Waals surface area (Å²) in [6.45, 7) is 4.77. The minimum atomic E-state index is -0.154. The topological polar surface area (TPSA) is 75.1 Å². The largest absolute Gasteiger partial charge is 0.363 e. The second kappa shape index (κ2) is 6.92. The van der Waals surface area contributed by atoms with Gasteiger partial charge in [-0.05, 0) is 37.6 Å². The van der Waals surface area contributed by atoms with Gasteiger partial charge in [-0.3, -0.25) is 19.7 Å². The molecular weight excluding hydrogens is 364 g/mol. The zero-order valence-corrected chi connectivity index (χ0v) is 16.3. The fraction of sp³-hybridized carbons (Fsp3) is 0.318. The van der Waals surface area contributed by atoms with E-state index in [1.165, 1.54) is 0 Å². The average Bonchev–Trinajstić information content (AvgIpc) is 3.31. The van der Waals surface area contributed by atoms with Crippen LogP contribution in [0.25, 0.3) is 0 Å². The summed E-state index contributed by atoms with van der Waals surface area (Å²) in [5.41, 5.74) is 4.30. The number of hydrogen-bond donors (Lipinski definition) is 0. The fourth-order valence-electron chi connectivity index (χ4n) is 4.45. The molecule has 2 aliphatic rings. The number of aryl methyl sites for hydroxylation is 1. The molecule has 5 rings (SSSR count). The molecular formula is C22H22N6O. The second-order valence-electron chi connectivity index (χ2n) is 7.85. The van der Waals surface area contributed by atoms with Gasteiger partial charge in [0.05, 0.1) is 40.9 Å². The molecule has 0 radical (unpaired) electrons. The molecule has 29 heavy (non-hydrogen) atoms. The van der Waals surface area contributed by atoms with E-state index in [1.807, 2.05) is 48.5 Å². The molecule has 1 amide bonds. The van der Waals surface area contributed by atoms with E-state index in [0.717, 1.165) is 42.3 Å². The van der Waals surface area contributed by atoms with Crippen molar-refractivity contribution in [3.8, 4) is 0 Å². The minimum Gasteiger partial charge on any atom is -0.363 e. The maximum atomic E-state index is 13.0. The van der Waals surface area contributed by atoms with E-state index in [9.17, 15) is 4.79 Å². The normalized spacial score (nSPS) is 20.3. The number of nitrogens with zero attached hydrogens (tertiary/aromatic N) is 6. The number of likely N-dealkylation sites (tertiary alicyclic amines) is 1. The van der Waals surface area contributed by atoms with Crippen LogP contribution in [0.5, 0.6) is 0 Å². The Hall–Kier alpha value is -3.35. The Labute approximate surface area is 169 Å². The van der Waals surface area contributed by atoms with Gasteiger partial charge in [-0.15, -0.1) is 0 Å². The van der Waals surface area contributed by atoms with Crippen molar-refractivity contribution >= 4 is 11.6 Å². The summed E-state index contributed by atoms with van der Waals surface area (Å²) >= 11 is 0. The highest BCUT2D eigenvalue weighted by Gasteiger charge is 2.49. The number of aromatic nitrogens is 4. The molecule has 1 atom stereocenters. The number of carbonyl (C=O) groups is 1. The summed E-state index contributed by atoms with van der Waals surface area (Å²) < 4.78 is 0. The van der Waals surface area contributed by atoms with Crippen LogP contribution in [0.3, 0.4) is 0 Å². The first kappa shape index (κ1) is 17.7. The van der Waals surface area contributed by atoms with Crippen LogP contribution < -0.4 is 4.90 Å². The van der Waals surface area contributed by atoms with Crippen LogP contribution >= 0.6 is 0 Å². The number of hydrogen-bond acceptors (Lipinski definition) is 6. The number of amides is 1. The van der Waals surface area contributed by atoms with Gasteiger partial charge in [0.15, 0.2) is 0 Å². The molecule has 0 aliphatic carbocycles. The Balaban J connectivity index is 1.41.